The monoisotopic (exact) mass is 334 g/mol. The number of carbonyl (C=O) groups is 1. The third-order valence-electron chi connectivity index (χ3n) is 5.70. The molecule has 6 nitrogen and oxygen atoms in total. The summed E-state index contributed by atoms with van der Waals surface area (Å²) in [4.78, 5) is 14.6. The van der Waals surface area contributed by atoms with Crippen LogP contribution in [0.4, 0.5) is 5.82 Å². The van der Waals surface area contributed by atoms with Gasteiger partial charge in [0.2, 0.25) is 5.91 Å². The molecule has 1 aromatic heterocycles. The van der Waals surface area contributed by atoms with Crippen LogP contribution in [0, 0.1) is 5.92 Å². The highest BCUT2D eigenvalue weighted by atomic mass is 16.3. The van der Waals surface area contributed by atoms with Crippen molar-refractivity contribution in [3.63, 3.8) is 0 Å². The Morgan fingerprint density at radius 2 is 2.00 bits per heavy atom. The molecule has 0 unspecified atom stereocenters. The first-order chi connectivity index (χ1) is 11.7. The lowest BCUT2D eigenvalue weighted by Crippen LogP contribution is -2.40. The van der Waals surface area contributed by atoms with E-state index in [4.69, 9.17) is 0 Å². The van der Waals surface area contributed by atoms with Gasteiger partial charge in [0, 0.05) is 18.7 Å². The number of nitrogens with one attached hydrogen (secondary N) is 1. The van der Waals surface area contributed by atoms with Gasteiger partial charge in [-0.2, -0.15) is 5.10 Å². The standard InChI is InChI=1S/C18H30N4O2/c1-21(15-8-6-14(13-23)7-9-15)12-18(24)20-17-10-11-19-22(17)16-4-2-3-5-16/h10-11,14-16,23H,2-9,12-13H2,1H3,(H,20,24). The average molecular weight is 334 g/mol. The second kappa shape index (κ2) is 8.12. The number of rotatable bonds is 6. The zero-order valence-corrected chi connectivity index (χ0v) is 14.7. The van der Waals surface area contributed by atoms with E-state index in [-0.39, 0.29) is 5.91 Å². The molecule has 0 radical (unpaired) electrons. The summed E-state index contributed by atoms with van der Waals surface area (Å²) in [5.74, 6) is 1.30. The van der Waals surface area contributed by atoms with Crippen molar-refractivity contribution in [2.75, 3.05) is 25.5 Å². The normalized spacial score (nSPS) is 25.3. The van der Waals surface area contributed by atoms with E-state index >= 15 is 0 Å². The molecule has 0 atom stereocenters. The summed E-state index contributed by atoms with van der Waals surface area (Å²) >= 11 is 0. The summed E-state index contributed by atoms with van der Waals surface area (Å²) in [6.45, 7) is 0.701. The predicted octanol–water partition coefficient (Wildman–Crippen LogP) is 2.42. The summed E-state index contributed by atoms with van der Waals surface area (Å²) in [5.41, 5.74) is 0. The van der Waals surface area contributed by atoms with Crippen LogP contribution in [-0.4, -0.2) is 51.9 Å². The van der Waals surface area contributed by atoms with Crippen molar-refractivity contribution in [1.82, 2.24) is 14.7 Å². The lowest BCUT2D eigenvalue weighted by atomic mass is 9.86. The molecule has 0 spiro atoms. The Kier molecular flexibility index (Phi) is 5.89. The fourth-order valence-corrected chi connectivity index (χ4v) is 4.16. The van der Waals surface area contributed by atoms with Gasteiger partial charge in [0.05, 0.1) is 18.8 Å². The van der Waals surface area contributed by atoms with Crippen LogP contribution in [0.1, 0.15) is 57.4 Å². The van der Waals surface area contributed by atoms with Gasteiger partial charge in [0.1, 0.15) is 5.82 Å². The molecule has 1 amide bonds. The number of nitrogens with zero attached hydrogens (tertiary/aromatic N) is 3. The van der Waals surface area contributed by atoms with Crippen LogP contribution in [0.5, 0.6) is 0 Å². The zero-order chi connectivity index (χ0) is 16.9. The van der Waals surface area contributed by atoms with Gasteiger partial charge >= 0.3 is 0 Å². The van der Waals surface area contributed by atoms with Gasteiger partial charge in [-0.25, -0.2) is 4.68 Å². The Morgan fingerprint density at radius 1 is 1.29 bits per heavy atom. The maximum atomic E-state index is 12.4. The minimum Gasteiger partial charge on any atom is -0.396 e. The molecule has 2 fully saturated rings. The van der Waals surface area contributed by atoms with E-state index in [1.807, 2.05) is 17.8 Å². The van der Waals surface area contributed by atoms with Crippen LogP contribution >= 0.6 is 0 Å². The van der Waals surface area contributed by atoms with Crippen molar-refractivity contribution < 1.29 is 9.90 Å². The summed E-state index contributed by atoms with van der Waals surface area (Å²) in [6, 6.07) is 2.77. The van der Waals surface area contributed by atoms with Crippen LogP contribution < -0.4 is 5.32 Å². The minimum absolute atomic E-state index is 0.0292. The number of aliphatic hydroxyl groups excluding tert-OH is 1. The van der Waals surface area contributed by atoms with E-state index in [1.54, 1.807) is 6.20 Å². The number of hydrogen-bond donors (Lipinski definition) is 2. The van der Waals surface area contributed by atoms with Gasteiger partial charge in [-0.3, -0.25) is 9.69 Å². The summed E-state index contributed by atoms with van der Waals surface area (Å²) in [7, 11) is 2.03. The van der Waals surface area contributed by atoms with E-state index in [0.29, 0.717) is 31.2 Å². The molecule has 6 heteroatoms. The first kappa shape index (κ1) is 17.4. The topological polar surface area (TPSA) is 70.4 Å². The third kappa shape index (κ3) is 4.16. The molecule has 134 valence electrons. The van der Waals surface area contributed by atoms with E-state index in [9.17, 15) is 9.90 Å². The van der Waals surface area contributed by atoms with Gasteiger partial charge in [-0.1, -0.05) is 12.8 Å². The van der Waals surface area contributed by atoms with E-state index in [2.05, 4.69) is 15.3 Å². The Balaban J connectivity index is 1.50. The molecule has 1 aromatic rings. The van der Waals surface area contributed by atoms with Crippen LogP contribution in [0.25, 0.3) is 0 Å². The third-order valence-corrected chi connectivity index (χ3v) is 5.70. The molecule has 24 heavy (non-hydrogen) atoms. The molecule has 0 bridgehead atoms. The smallest absolute Gasteiger partial charge is 0.239 e. The quantitative estimate of drug-likeness (QED) is 0.838. The maximum absolute atomic E-state index is 12.4. The highest BCUT2D eigenvalue weighted by Gasteiger charge is 2.25. The Labute approximate surface area is 144 Å². The molecule has 2 saturated carbocycles. The van der Waals surface area contributed by atoms with Gasteiger partial charge in [-0.05, 0) is 51.5 Å². The van der Waals surface area contributed by atoms with Crippen molar-refractivity contribution in [2.24, 2.45) is 5.92 Å². The number of aromatic nitrogens is 2. The number of likely N-dealkylation sites (N-methyl/N-ethyl adjacent to an activating group) is 1. The molecule has 2 aliphatic rings. The van der Waals surface area contributed by atoms with Crippen molar-refractivity contribution in [2.45, 2.75) is 63.5 Å². The van der Waals surface area contributed by atoms with E-state index in [1.165, 1.54) is 12.8 Å². The number of anilines is 1. The minimum atomic E-state index is 0.0292. The molecule has 3 rings (SSSR count). The molecule has 0 aromatic carbocycles. The summed E-state index contributed by atoms with van der Waals surface area (Å²) in [5, 5.41) is 16.7. The first-order valence-electron chi connectivity index (χ1n) is 9.32. The average Bonchev–Trinajstić information content (AvgIpc) is 3.26. The maximum Gasteiger partial charge on any atom is 0.239 e. The first-order valence-corrected chi connectivity index (χ1v) is 9.32. The molecular weight excluding hydrogens is 304 g/mol. The fraction of sp³-hybridized carbons (Fsp3) is 0.778. The zero-order valence-electron chi connectivity index (χ0n) is 14.7. The second-order valence-corrected chi connectivity index (χ2v) is 7.42. The predicted molar refractivity (Wildman–Crippen MR) is 93.8 cm³/mol. The molecule has 0 saturated heterocycles. The number of hydrogen-bond acceptors (Lipinski definition) is 4. The van der Waals surface area contributed by atoms with Crippen molar-refractivity contribution in [3.05, 3.63) is 12.3 Å². The van der Waals surface area contributed by atoms with Gasteiger partial charge in [0.25, 0.3) is 0 Å². The van der Waals surface area contributed by atoms with Crippen molar-refractivity contribution in [3.8, 4) is 0 Å². The highest BCUT2D eigenvalue weighted by Crippen LogP contribution is 2.31. The molecule has 2 aliphatic carbocycles. The van der Waals surface area contributed by atoms with Gasteiger partial charge in [-0.15, -0.1) is 0 Å². The number of carbonyl (C=O) groups excluding carboxylic acids is 1. The SMILES string of the molecule is CN(CC(=O)Nc1ccnn1C1CCCC1)C1CCC(CO)CC1. The number of aliphatic hydroxyl groups is 1. The lowest BCUT2D eigenvalue weighted by Gasteiger charge is -2.33. The van der Waals surface area contributed by atoms with E-state index in [0.717, 1.165) is 44.3 Å². The summed E-state index contributed by atoms with van der Waals surface area (Å²) in [6.07, 6.45) is 10.8. The van der Waals surface area contributed by atoms with Crippen LogP contribution in [0.2, 0.25) is 0 Å². The number of amides is 1. The largest absolute Gasteiger partial charge is 0.396 e. The highest BCUT2D eigenvalue weighted by molar-refractivity contribution is 5.91. The van der Waals surface area contributed by atoms with Crippen LogP contribution in [0.15, 0.2) is 12.3 Å². The Bertz CT molecular complexity index is 531. The lowest BCUT2D eigenvalue weighted by molar-refractivity contribution is -0.117. The Morgan fingerprint density at radius 3 is 2.67 bits per heavy atom. The fourth-order valence-electron chi connectivity index (χ4n) is 4.16. The second-order valence-electron chi connectivity index (χ2n) is 7.42. The van der Waals surface area contributed by atoms with Gasteiger partial charge in [0.15, 0.2) is 0 Å². The molecule has 1 heterocycles. The van der Waals surface area contributed by atoms with Crippen molar-refractivity contribution >= 4 is 11.7 Å². The molecule has 0 aliphatic heterocycles. The molecule has 2 N–H and O–H groups in total. The van der Waals surface area contributed by atoms with Crippen molar-refractivity contribution in [1.29, 1.82) is 0 Å². The Hall–Kier alpha value is -1.40. The van der Waals surface area contributed by atoms with Gasteiger partial charge < -0.3 is 10.4 Å². The molecular formula is C18H30N4O2. The summed E-state index contributed by atoms with van der Waals surface area (Å²) < 4.78 is 1.98. The van der Waals surface area contributed by atoms with E-state index < -0.39 is 0 Å². The van der Waals surface area contributed by atoms with Crippen LogP contribution in [-0.2, 0) is 4.79 Å². The van der Waals surface area contributed by atoms with Crippen LogP contribution in [0.3, 0.4) is 0 Å².